The lowest BCUT2D eigenvalue weighted by atomic mass is 10.5. The lowest BCUT2D eigenvalue weighted by Crippen LogP contribution is -1.99. The van der Waals surface area contributed by atoms with Crippen LogP contribution in [0.5, 0.6) is 5.88 Å². The van der Waals surface area contributed by atoms with Crippen LogP contribution in [0.1, 0.15) is 5.82 Å². The molecule has 62 valence electrons. The van der Waals surface area contributed by atoms with Gasteiger partial charge in [-0.3, -0.25) is 0 Å². The molecule has 5 heteroatoms. The minimum atomic E-state index is 0.563. The van der Waals surface area contributed by atoms with Crippen LogP contribution < -0.4 is 4.74 Å². The molecule has 2 heterocycles. The second-order valence-corrected chi connectivity index (χ2v) is 2.38. The zero-order valence-electron chi connectivity index (χ0n) is 6.85. The Morgan fingerprint density at radius 3 is 3.08 bits per heavy atom. The van der Waals surface area contributed by atoms with Crippen molar-refractivity contribution in [2.45, 2.75) is 6.92 Å². The second kappa shape index (κ2) is 2.44. The fourth-order valence-electron chi connectivity index (χ4n) is 1.05. The first-order valence-electron chi connectivity index (χ1n) is 3.52. The maximum absolute atomic E-state index is 4.98. The van der Waals surface area contributed by atoms with Crippen molar-refractivity contribution in [3.8, 4) is 5.88 Å². The molecule has 0 atom stereocenters. The average Bonchev–Trinajstić information content (AvgIpc) is 2.52. The second-order valence-electron chi connectivity index (χ2n) is 2.38. The van der Waals surface area contributed by atoms with Crippen LogP contribution in [-0.4, -0.2) is 26.7 Å². The van der Waals surface area contributed by atoms with Crippen LogP contribution in [0.15, 0.2) is 12.4 Å². The molecule has 0 N–H and O–H groups in total. The Morgan fingerprint density at radius 1 is 1.50 bits per heavy atom. The summed E-state index contributed by atoms with van der Waals surface area (Å²) in [6.45, 7) is 1.85. The highest BCUT2D eigenvalue weighted by Crippen LogP contribution is 2.09. The van der Waals surface area contributed by atoms with Crippen molar-refractivity contribution in [2.75, 3.05) is 7.11 Å². The van der Waals surface area contributed by atoms with E-state index in [1.165, 1.54) is 6.33 Å². The van der Waals surface area contributed by atoms with Crippen LogP contribution in [0.25, 0.3) is 5.65 Å². The number of rotatable bonds is 1. The number of nitrogens with zero attached hydrogens (tertiary/aromatic N) is 4. The highest BCUT2D eigenvalue weighted by Gasteiger charge is 2.02. The Kier molecular flexibility index (Phi) is 1.43. The molecule has 0 bridgehead atoms. The van der Waals surface area contributed by atoms with Crippen molar-refractivity contribution >= 4 is 5.65 Å². The van der Waals surface area contributed by atoms with E-state index in [9.17, 15) is 0 Å². The minimum Gasteiger partial charge on any atom is -0.481 e. The van der Waals surface area contributed by atoms with Crippen molar-refractivity contribution < 1.29 is 4.74 Å². The van der Waals surface area contributed by atoms with Gasteiger partial charge < -0.3 is 4.74 Å². The Labute approximate surface area is 69.0 Å². The summed E-state index contributed by atoms with van der Waals surface area (Å²) in [6, 6.07) is 1.74. The van der Waals surface area contributed by atoms with Gasteiger partial charge in [0, 0.05) is 6.07 Å². The maximum Gasteiger partial charge on any atom is 0.218 e. The molecule has 2 aromatic heterocycles. The molecule has 0 saturated heterocycles. The highest BCUT2D eigenvalue weighted by molar-refractivity contribution is 5.40. The van der Waals surface area contributed by atoms with Gasteiger partial charge in [-0.05, 0) is 6.92 Å². The van der Waals surface area contributed by atoms with Gasteiger partial charge in [0.05, 0.1) is 7.11 Å². The van der Waals surface area contributed by atoms with Gasteiger partial charge in [0.25, 0.3) is 0 Å². The molecule has 0 aliphatic rings. The molecule has 0 aliphatic heterocycles. The van der Waals surface area contributed by atoms with E-state index < -0.39 is 0 Å². The number of ether oxygens (including phenoxy) is 1. The summed E-state index contributed by atoms with van der Waals surface area (Å²) in [5.41, 5.74) is 0.749. The van der Waals surface area contributed by atoms with E-state index >= 15 is 0 Å². The largest absolute Gasteiger partial charge is 0.481 e. The summed E-state index contributed by atoms with van der Waals surface area (Å²) in [5, 5.41) is 3.98. The van der Waals surface area contributed by atoms with Gasteiger partial charge in [0.2, 0.25) is 5.88 Å². The van der Waals surface area contributed by atoms with Crippen molar-refractivity contribution in [3.05, 3.63) is 18.2 Å². The molecule has 2 aromatic rings. The lowest BCUT2D eigenvalue weighted by molar-refractivity contribution is 0.395. The average molecular weight is 164 g/mol. The van der Waals surface area contributed by atoms with Crippen LogP contribution in [0.2, 0.25) is 0 Å². The standard InChI is InChI=1S/C7H8N4O/c1-5-10-7(12-2)3-6-8-4-9-11(5)6/h3-4H,1-2H3. The summed E-state index contributed by atoms with van der Waals surface area (Å²) in [4.78, 5) is 8.15. The van der Waals surface area contributed by atoms with Gasteiger partial charge in [0.15, 0.2) is 5.65 Å². The van der Waals surface area contributed by atoms with Crippen molar-refractivity contribution in [1.29, 1.82) is 0 Å². The zero-order valence-corrected chi connectivity index (χ0v) is 6.85. The quantitative estimate of drug-likeness (QED) is 0.613. The van der Waals surface area contributed by atoms with Crippen LogP contribution in [0, 0.1) is 6.92 Å². The van der Waals surface area contributed by atoms with E-state index in [1.54, 1.807) is 17.7 Å². The number of hydrogen-bond donors (Lipinski definition) is 0. The third kappa shape index (κ3) is 0.903. The smallest absolute Gasteiger partial charge is 0.218 e. The zero-order chi connectivity index (χ0) is 8.55. The van der Waals surface area contributed by atoms with Gasteiger partial charge in [0.1, 0.15) is 12.2 Å². The summed E-state index contributed by atoms with van der Waals surface area (Å²) in [7, 11) is 1.58. The highest BCUT2D eigenvalue weighted by atomic mass is 16.5. The Bertz CT molecular complexity index is 409. The molecule has 0 fully saturated rings. The third-order valence-electron chi connectivity index (χ3n) is 1.61. The molecule has 12 heavy (non-hydrogen) atoms. The normalized spacial score (nSPS) is 10.5. The number of aryl methyl sites for hydroxylation is 1. The molecule has 0 saturated carbocycles. The maximum atomic E-state index is 4.98. The molecule has 2 rings (SSSR count). The molecular formula is C7H8N4O. The summed E-state index contributed by atoms with van der Waals surface area (Å²) in [5.74, 6) is 1.33. The van der Waals surface area contributed by atoms with Crippen molar-refractivity contribution in [3.63, 3.8) is 0 Å². The number of methoxy groups -OCH3 is 1. The molecule has 0 unspecified atom stereocenters. The number of fused-ring (bicyclic) bond motifs is 1. The Morgan fingerprint density at radius 2 is 2.33 bits per heavy atom. The molecule has 0 aliphatic carbocycles. The first kappa shape index (κ1) is 7.02. The van der Waals surface area contributed by atoms with Gasteiger partial charge >= 0.3 is 0 Å². The Hall–Kier alpha value is -1.65. The van der Waals surface area contributed by atoms with Gasteiger partial charge in [-0.25, -0.2) is 4.98 Å². The molecule has 0 aromatic carbocycles. The fraction of sp³-hybridized carbons (Fsp3) is 0.286. The topological polar surface area (TPSA) is 52.3 Å². The summed E-state index contributed by atoms with van der Waals surface area (Å²) in [6.07, 6.45) is 1.49. The Balaban J connectivity index is 2.75. The molecule has 5 nitrogen and oxygen atoms in total. The van der Waals surface area contributed by atoms with Crippen LogP contribution in [0.3, 0.4) is 0 Å². The van der Waals surface area contributed by atoms with E-state index in [2.05, 4.69) is 15.1 Å². The first-order chi connectivity index (χ1) is 5.81. The monoisotopic (exact) mass is 164 g/mol. The third-order valence-corrected chi connectivity index (χ3v) is 1.61. The molecular weight excluding hydrogens is 156 g/mol. The van der Waals surface area contributed by atoms with Crippen molar-refractivity contribution in [1.82, 2.24) is 19.6 Å². The molecule has 0 amide bonds. The predicted molar refractivity (Wildman–Crippen MR) is 42.1 cm³/mol. The van der Waals surface area contributed by atoms with E-state index in [4.69, 9.17) is 4.74 Å². The number of hydrogen-bond acceptors (Lipinski definition) is 4. The first-order valence-corrected chi connectivity index (χ1v) is 3.52. The van der Waals surface area contributed by atoms with Gasteiger partial charge in [-0.1, -0.05) is 0 Å². The van der Waals surface area contributed by atoms with Crippen molar-refractivity contribution in [2.24, 2.45) is 0 Å². The predicted octanol–water partition coefficient (Wildman–Crippen LogP) is 0.441. The summed E-state index contributed by atoms with van der Waals surface area (Å²) >= 11 is 0. The minimum absolute atomic E-state index is 0.563. The van der Waals surface area contributed by atoms with Gasteiger partial charge in [-0.2, -0.15) is 14.6 Å². The SMILES string of the molecule is COc1cc2ncnn2c(C)n1. The number of aromatic nitrogens is 4. The lowest BCUT2D eigenvalue weighted by Gasteiger charge is -2.00. The molecule has 0 spiro atoms. The van der Waals surface area contributed by atoms with Gasteiger partial charge in [-0.15, -0.1) is 0 Å². The molecule has 0 radical (unpaired) electrons. The fourth-order valence-corrected chi connectivity index (χ4v) is 1.05. The van der Waals surface area contributed by atoms with Crippen LogP contribution in [0.4, 0.5) is 0 Å². The van der Waals surface area contributed by atoms with E-state index in [1.807, 2.05) is 6.92 Å². The van der Waals surface area contributed by atoms with E-state index in [-0.39, 0.29) is 0 Å². The van der Waals surface area contributed by atoms with Crippen LogP contribution in [-0.2, 0) is 0 Å². The summed E-state index contributed by atoms with van der Waals surface area (Å²) < 4.78 is 6.64. The van der Waals surface area contributed by atoms with E-state index in [0.29, 0.717) is 5.88 Å². The van der Waals surface area contributed by atoms with E-state index in [0.717, 1.165) is 11.5 Å². The van der Waals surface area contributed by atoms with Crippen LogP contribution >= 0.6 is 0 Å².